The second kappa shape index (κ2) is 6.10. The topological polar surface area (TPSA) is 84.4 Å². The predicted molar refractivity (Wildman–Crippen MR) is 83.0 cm³/mol. The van der Waals surface area contributed by atoms with Gasteiger partial charge in [-0.2, -0.15) is 4.31 Å². The van der Waals surface area contributed by atoms with E-state index in [9.17, 15) is 8.42 Å². The second-order valence-electron chi connectivity index (χ2n) is 5.95. The summed E-state index contributed by atoms with van der Waals surface area (Å²) in [5.41, 5.74) is -0.368. The van der Waals surface area contributed by atoms with Gasteiger partial charge >= 0.3 is 0 Å². The van der Waals surface area contributed by atoms with Crippen LogP contribution in [0.15, 0.2) is 18.5 Å². The van der Waals surface area contributed by atoms with Gasteiger partial charge in [0.2, 0.25) is 16.0 Å². The van der Waals surface area contributed by atoms with E-state index in [0.29, 0.717) is 25.6 Å². The molecule has 0 saturated carbocycles. The lowest BCUT2D eigenvalue weighted by atomic mass is 9.90. The molecule has 1 aromatic rings. The van der Waals surface area contributed by atoms with Crippen LogP contribution in [0.1, 0.15) is 26.2 Å². The lowest BCUT2D eigenvalue weighted by molar-refractivity contribution is -0.0329. The highest BCUT2D eigenvalue weighted by Crippen LogP contribution is 2.36. The summed E-state index contributed by atoms with van der Waals surface area (Å²) >= 11 is 0. The zero-order chi connectivity index (χ0) is 15.6. The van der Waals surface area contributed by atoms with E-state index in [-0.39, 0.29) is 17.4 Å². The van der Waals surface area contributed by atoms with Gasteiger partial charge in [0.15, 0.2) is 0 Å². The molecular weight excluding hydrogens is 304 g/mol. The van der Waals surface area contributed by atoms with Crippen LogP contribution in [0.5, 0.6) is 0 Å². The maximum Gasteiger partial charge on any atom is 0.222 e. The lowest BCUT2D eigenvalue weighted by Gasteiger charge is -2.38. The third-order valence-corrected chi connectivity index (χ3v) is 6.20. The van der Waals surface area contributed by atoms with Crippen LogP contribution in [0.3, 0.4) is 0 Å². The molecule has 0 amide bonds. The van der Waals surface area contributed by atoms with Crippen LogP contribution < -0.4 is 5.32 Å². The molecule has 2 fully saturated rings. The van der Waals surface area contributed by atoms with Crippen LogP contribution in [-0.2, 0) is 14.8 Å². The summed E-state index contributed by atoms with van der Waals surface area (Å²) in [4.78, 5) is 8.32. The zero-order valence-corrected chi connectivity index (χ0v) is 13.6. The number of piperidine rings is 1. The number of ether oxygens (including phenoxy) is 1. The van der Waals surface area contributed by atoms with E-state index in [0.717, 1.165) is 19.3 Å². The minimum absolute atomic E-state index is 0.117. The Morgan fingerprint density at radius 2 is 2.23 bits per heavy atom. The van der Waals surface area contributed by atoms with Gasteiger partial charge in [-0.15, -0.1) is 0 Å². The maximum absolute atomic E-state index is 12.1. The molecule has 7 nitrogen and oxygen atoms in total. The number of nitrogens with one attached hydrogen (secondary N) is 1. The number of nitrogens with zero attached hydrogens (tertiary/aromatic N) is 3. The quantitative estimate of drug-likeness (QED) is 0.883. The van der Waals surface area contributed by atoms with Crippen molar-refractivity contribution in [2.24, 2.45) is 0 Å². The second-order valence-corrected chi connectivity index (χ2v) is 8.21. The van der Waals surface area contributed by atoms with E-state index >= 15 is 0 Å². The van der Waals surface area contributed by atoms with Gasteiger partial charge in [0.25, 0.3) is 0 Å². The van der Waals surface area contributed by atoms with Gasteiger partial charge in [-0.25, -0.2) is 18.4 Å². The number of sulfonamides is 1. The minimum atomic E-state index is -3.15. The van der Waals surface area contributed by atoms with Crippen molar-refractivity contribution in [1.82, 2.24) is 14.3 Å². The summed E-state index contributed by atoms with van der Waals surface area (Å²) in [5, 5.41) is 3.26. The van der Waals surface area contributed by atoms with Gasteiger partial charge in [0.05, 0.1) is 24.0 Å². The van der Waals surface area contributed by atoms with E-state index in [1.807, 2.05) is 0 Å². The smallest absolute Gasteiger partial charge is 0.222 e. The Morgan fingerprint density at radius 1 is 1.45 bits per heavy atom. The molecule has 1 spiro atoms. The Bertz CT molecular complexity index is 610. The predicted octanol–water partition coefficient (Wildman–Crippen LogP) is 0.862. The average Bonchev–Trinajstić information content (AvgIpc) is 2.90. The molecule has 0 unspecified atom stereocenters. The van der Waals surface area contributed by atoms with Crippen LogP contribution >= 0.6 is 0 Å². The molecular formula is C14H22N4O3S. The van der Waals surface area contributed by atoms with E-state index in [1.165, 1.54) is 0 Å². The minimum Gasteiger partial charge on any atom is -0.371 e. The summed E-state index contributed by atoms with van der Waals surface area (Å²) in [5.74, 6) is 0.727. The van der Waals surface area contributed by atoms with Gasteiger partial charge < -0.3 is 10.1 Å². The first-order valence-electron chi connectivity index (χ1n) is 7.68. The van der Waals surface area contributed by atoms with Crippen molar-refractivity contribution in [1.29, 1.82) is 0 Å². The molecule has 2 saturated heterocycles. The maximum atomic E-state index is 12.1. The Kier molecular flexibility index (Phi) is 4.33. The van der Waals surface area contributed by atoms with Crippen molar-refractivity contribution >= 4 is 16.0 Å². The van der Waals surface area contributed by atoms with Crippen molar-refractivity contribution in [2.45, 2.75) is 37.8 Å². The van der Waals surface area contributed by atoms with Crippen molar-refractivity contribution in [3.05, 3.63) is 18.5 Å². The van der Waals surface area contributed by atoms with Gasteiger partial charge in [-0.1, -0.05) is 0 Å². The molecule has 0 radical (unpaired) electrons. The van der Waals surface area contributed by atoms with E-state index in [1.54, 1.807) is 29.7 Å². The molecule has 2 atom stereocenters. The number of anilines is 1. The van der Waals surface area contributed by atoms with Crippen LogP contribution in [0.25, 0.3) is 0 Å². The molecule has 0 bridgehead atoms. The molecule has 3 rings (SSSR count). The van der Waals surface area contributed by atoms with Crippen LogP contribution in [0.4, 0.5) is 5.95 Å². The fourth-order valence-corrected chi connectivity index (χ4v) is 4.46. The molecule has 22 heavy (non-hydrogen) atoms. The summed E-state index contributed by atoms with van der Waals surface area (Å²) in [6, 6.07) is 1.89. The van der Waals surface area contributed by atoms with Crippen molar-refractivity contribution in [3.8, 4) is 0 Å². The van der Waals surface area contributed by atoms with E-state index < -0.39 is 10.0 Å². The molecule has 2 aliphatic rings. The summed E-state index contributed by atoms with van der Waals surface area (Å²) in [7, 11) is -3.15. The normalized spacial score (nSPS) is 29.8. The third kappa shape index (κ3) is 3.23. The molecule has 3 heterocycles. The van der Waals surface area contributed by atoms with Crippen molar-refractivity contribution in [2.75, 3.05) is 30.8 Å². The summed E-state index contributed by atoms with van der Waals surface area (Å²) < 4.78 is 31.8. The highest BCUT2D eigenvalue weighted by Gasteiger charge is 2.45. The Labute approximate surface area is 131 Å². The first kappa shape index (κ1) is 15.6. The average molecular weight is 326 g/mol. The lowest BCUT2D eigenvalue weighted by Crippen LogP contribution is -2.50. The molecule has 1 N–H and O–H groups in total. The standard InChI is InChI=1S/C14H22N4O3S/c1-2-22(19,20)18-8-3-5-14(11-18)9-12(10-21-14)17-13-15-6-4-7-16-13/h4,6-7,12H,2-3,5,8-11H2,1H3,(H,15,16,17)/t12-,14-/m1/s1. The largest absolute Gasteiger partial charge is 0.371 e. The fourth-order valence-electron chi connectivity index (χ4n) is 3.25. The first-order valence-corrected chi connectivity index (χ1v) is 9.29. The SMILES string of the molecule is CCS(=O)(=O)N1CCC[C@@]2(C[C@@H](Nc3ncccn3)CO2)C1. The highest BCUT2D eigenvalue weighted by atomic mass is 32.2. The van der Waals surface area contributed by atoms with Crippen LogP contribution in [0, 0.1) is 0 Å². The summed E-state index contributed by atoms with van der Waals surface area (Å²) in [6.07, 6.45) is 5.90. The first-order chi connectivity index (χ1) is 10.5. The Hall–Kier alpha value is -1.25. The summed E-state index contributed by atoms with van der Waals surface area (Å²) in [6.45, 7) is 3.29. The number of hydrogen-bond acceptors (Lipinski definition) is 6. The third-order valence-electron chi connectivity index (χ3n) is 4.37. The number of aromatic nitrogens is 2. The number of rotatable bonds is 4. The monoisotopic (exact) mass is 326 g/mol. The highest BCUT2D eigenvalue weighted by molar-refractivity contribution is 7.89. The fraction of sp³-hybridized carbons (Fsp3) is 0.714. The molecule has 122 valence electrons. The van der Waals surface area contributed by atoms with Crippen LogP contribution in [0.2, 0.25) is 0 Å². The van der Waals surface area contributed by atoms with E-state index in [4.69, 9.17) is 4.74 Å². The molecule has 1 aromatic heterocycles. The van der Waals surface area contributed by atoms with Gasteiger partial charge in [0.1, 0.15) is 0 Å². The Morgan fingerprint density at radius 3 is 2.95 bits per heavy atom. The zero-order valence-electron chi connectivity index (χ0n) is 12.7. The Balaban J connectivity index is 1.65. The molecule has 2 aliphatic heterocycles. The molecule has 0 aromatic carbocycles. The van der Waals surface area contributed by atoms with Crippen molar-refractivity contribution < 1.29 is 13.2 Å². The van der Waals surface area contributed by atoms with E-state index in [2.05, 4.69) is 15.3 Å². The van der Waals surface area contributed by atoms with Gasteiger partial charge in [0, 0.05) is 31.9 Å². The molecule has 0 aliphatic carbocycles. The number of hydrogen-bond donors (Lipinski definition) is 1. The van der Waals surface area contributed by atoms with Crippen molar-refractivity contribution in [3.63, 3.8) is 0 Å². The van der Waals surface area contributed by atoms with Gasteiger partial charge in [-0.05, 0) is 25.8 Å². The molecule has 8 heteroatoms. The van der Waals surface area contributed by atoms with Crippen LogP contribution in [-0.4, -0.2) is 59.8 Å². The van der Waals surface area contributed by atoms with Gasteiger partial charge in [-0.3, -0.25) is 0 Å².